The van der Waals surface area contributed by atoms with Gasteiger partial charge in [-0.2, -0.15) is 0 Å². The summed E-state index contributed by atoms with van der Waals surface area (Å²) in [6.07, 6.45) is 2.06. The number of hydrogen-bond donors (Lipinski definition) is 2. The number of ether oxygens (including phenoxy) is 1. The lowest BCUT2D eigenvalue weighted by atomic mass is 10.0. The molecule has 4 nitrogen and oxygen atoms in total. The molecular formula is C18H17FN2O2. The number of benzene rings is 2. The van der Waals surface area contributed by atoms with E-state index in [0.717, 1.165) is 28.9 Å². The van der Waals surface area contributed by atoms with E-state index in [9.17, 15) is 9.18 Å². The van der Waals surface area contributed by atoms with E-state index in [1.807, 2.05) is 18.2 Å². The molecular weight excluding hydrogens is 295 g/mol. The van der Waals surface area contributed by atoms with E-state index < -0.39 is 0 Å². The summed E-state index contributed by atoms with van der Waals surface area (Å²) in [4.78, 5) is 11.5. The van der Waals surface area contributed by atoms with Gasteiger partial charge in [-0.3, -0.25) is 4.79 Å². The number of hydrogen-bond acceptors (Lipinski definition) is 4. The fourth-order valence-corrected chi connectivity index (χ4v) is 2.71. The molecule has 0 saturated heterocycles. The number of nitrogens with one attached hydrogen (secondary N) is 2. The second kappa shape index (κ2) is 6.20. The molecule has 1 aliphatic carbocycles. The monoisotopic (exact) mass is 312 g/mol. The zero-order valence-corrected chi connectivity index (χ0v) is 12.7. The third kappa shape index (κ3) is 3.23. The Bertz CT molecular complexity index is 743. The van der Waals surface area contributed by atoms with Crippen LogP contribution in [0.5, 0.6) is 0 Å². The number of rotatable bonds is 5. The first-order valence-electron chi connectivity index (χ1n) is 7.37. The highest BCUT2D eigenvalue weighted by Gasteiger charge is 2.44. The van der Waals surface area contributed by atoms with Crippen molar-refractivity contribution in [2.75, 3.05) is 12.4 Å². The summed E-state index contributed by atoms with van der Waals surface area (Å²) in [6, 6.07) is 11.8. The Balaban J connectivity index is 1.79. The molecule has 1 saturated carbocycles. The third-order valence-electron chi connectivity index (χ3n) is 4.08. The van der Waals surface area contributed by atoms with Gasteiger partial charge in [0.15, 0.2) is 0 Å². The van der Waals surface area contributed by atoms with Crippen LogP contribution in [0.4, 0.5) is 15.8 Å². The quantitative estimate of drug-likeness (QED) is 0.651. The molecule has 0 radical (unpaired) electrons. The minimum absolute atomic E-state index is 0.0745. The van der Waals surface area contributed by atoms with Gasteiger partial charge in [-0.15, -0.1) is 0 Å². The van der Waals surface area contributed by atoms with Gasteiger partial charge in [-0.05, 0) is 54.3 Å². The zero-order chi connectivity index (χ0) is 16.4. The highest BCUT2D eigenvalue weighted by Crippen LogP contribution is 2.48. The minimum atomic E-state index is -0.291. The van der Waals surface area contributed by atoms with Crippen LogP contribution >= 0.6 is 0 Å². The molecule has 5 heteroatoms. The normalized spacial score (nSPS) is 19.0. The zero-order valence-electron chi connectivity index (χ0n) is 12.7. The van der Waals surface area contributed by atoms with Crippen molar-refractivity contribution in [2.24, 2.45) is 5.92 Å². The fraction of sp³-hybridized carbons (Fsp3) is 0.222. The average Bonchev–Trinajstić information content (AvgIpc) is 3.37. The van der Waals surface area contributed by atoms with E-state index in [2.05, 4.69) is 5.32 Å². The number of esters is 1. The molecule has 2 aromatic carbocycles. The van der Waals surface area contributed by atoms with Gasteiger partial charge in [-0.1, -0.05) is 6.07 Å². The molecule has 0 bridgehead atoms. The van der Waals surface area contributed by atoms with Crippen LogP contribution in [0.25, 0.3) is 0 Å². The topological polar surface area (TPSA) is 62.2 Å². The summed E-state index contributed by atoms with van der Waals surface area (Å²) in [5, 5.41) is 10.8. The van der Waals surface area contributed by atoms with Gasteiger partial charge < -0.3 is 15.5 Å². The van der Waals surface area contributed by atoms with Gasteiger partial charge >= 0.3 is 5.97 Å². The standard InChI is InChI=1S/C18H17FN2O2/c1-23-18(22)16-9-15(16)11-2-7-17(12(8-11)10-20)21-14-5-3-13(19)4-6-14/h2-8,10,15-16,20-21H,9H2,1H3. The van der Waals surface area contributed by atoms with E-state index in [4.69, 9.17) is 10.1 Å². The lowest BCUT2D eigenvalue weighted by molar-refractivity contribution is -0.142. The molecule has 0 heterocycles. The molecule has 3 rings (SSSR count). The molecule has 0 spiro atoms. The molecule has 1 aliphatic rings. The van der Waals surface area contributed by atoms with E-state index in [1.165, 1.54) is 25.5 Å². The first-order chi connectivity index (χ1) is 11.1. The number of anilines is 2. The van der Waals surface area contributed by atoms with Crippen molar-refractivity contribution >= 4 is 23.6 Å². The molecule has 23 heavy (non-hydrogen) atoms. The second-order valence-corrected chi connectivity index (χ2v) is 5.59. The predicted molar refractivity (Wildman–Crippen MR) is 86.9 cm³/mol. The Labute approximate surface area is 133 Å². The van der Waals surface area contributed by atoms with Crippen molar-refractivity contribution in [2.45, 2.75) is 12.3 Å². The largest absolute Gasteiger partial charge is 0.469 e. The van der Waals surface area contributed by atoms with E-state index >= 15 is 0 Å². The Kier molecular flexibility index (Phi) is 4.10. The maximum atomic E-state index is 12.9. The van der Waals surface area contributed by atoms with Gasteiger partial charge in [0.25, 0.3) is 0 Å². The van der Waals surface area contributed by atoms with Crippen molar-refractivity contribution in [1.82, 2.24) is 0 Å². The van der Waals surface area contributed by atoms with Crippen LogP contribution in [-0.4, -0.2) is 19.3 Å². The van der Waals surface area contributed by atoms with Gasteiger partial charge in [0.2, 0.25) is 0 Å². The van der Waals surface area contributed by atoms with Crippen LogP contribution in [0, 0.1) is 17.1 Å². The van der Waals surface area contributed by atoms with Crippen LogP contribution in [0.2, 0.25) is 0 Å². The van der Waals surface area contributed by atoms with Crippen molar-refractivity contribution in [3.63, 3.8) is 0 Å². The summed E-state index contributed by atoms with van der Waals surface area (Å²) in [7, 11) is 1.40. The maximum absolute atomic E-state index is 12.9. The van der Waals surface area contributed by atoms with Gasteiger partial charge in [0, 0.05) is 23.2 Å². The number of methoxy groups -OCH3 is 1. The van der Waals surface area contributed by atoms with Crippen LogP contribution in [0.15, 0.2) is 42.5 Å². The summed E-state index contributed by atoms with van der Waals surface area (Å²) in [6.45, 7) is 0. The average molecular weight is 312 g/mol. The maximum Gasteiger partial charge on any atom is 0.309 e. The highest BCUT2D eigenvalue weighted by atomic mass is 19.1. The SMILES string of the molecule is COC(=O)C1CC1c1ccc(Nc2ccc(F)cc2)c(C=N)c1. The van der Waals surface area contributed by atoms with Crippen molar-refractivity contribution in [1.29, 1.82) is 5.41 Å². The fourth-order valence-electron chi connectivity index (χ4n) is 2.71. The summed E-state index contributed by atoms with van der Waals surface area (Å²) in [5.41, 5.74) is 3.28. The molecule has 118 valence electrons. The molecule has 1 fully saturated rings. The first-order valence-corrected chi connectivity index (χ1v) is 7.37. The Morgan fingerprint density at radius 3 is 2.70 bits per heavy atom. The number of carbonyl (C=O) groups excluding carboxylic acids is 1. The summed E-state index contributed by atoms with van der Waals surface area (Å²) < 4.78 is 17.7. The van der Waals surface area contributed by atoms with Gasteiger partial charge in [-0.25, -0.2) is 4.39 Å². The van der Waals surface area contributed by atoms with E-state index in [1.54, 1.807) is 12.1 Å². The molecule has 0 amide bonds. The van der Waals surface area contributed by atoms with Crippen LogP contribution in [0.3, 0.4) is 0 Å². The van der Waals surface area contributed by atoms with E-state index in [0.29, 0.717) is 0 Å². The molecule has 2 atom stereocenters. The van der Waals surface area contributed by atoms with Gasteiger partial charge in [0.1, 0.15) is 5.82 Å². The lowest BCUT2D eigenvalue weighted by Crippen LogP contribution is -2.04. The molecule has 2 N–H and O–H groups in total. The predicted octanol–water partition coefficient (Wildman–Crippen LogP) is 3.84. The van der Waals surface area contributed by atoms with Crippen molar-refractivity contribution in [3.05, 3.63) is 59.4 Å². The molecule has 2 aromatic rings. The van der Waals surface area contributed by atoms with Crippen LogP contribution in [-0.2, 0) is 9.53 Å². The number of halogens is 1. The van der Waals surface area contributed by atoms with Crippen molar-refractivity contribution < 1.29 is 13.9 Å². The number of carbonyl (C=O) groups is 1. The molecule has 0 aliphatic heterocycles. The minimum Gasteiger partial charge on any atom is -0.469 e. The van der Waals surface area contributed by atoms with E-state index in [-0.39, 0.29) is 23.6 Å². The molecule has 2 unspecified atom stereocenters. The highest BCUT2D eigenvalue weighted by molar-refractivity contribution is 5.88. The Hall–Kier alpha value is -2.69. The lowest BCUT2D eigenvalue weighted by Gasteiger charge is -2.11. The molecule has 0 aromatic heterocycles. The second-order valence-electron chi connectivity index (χ2n) is 5.59. The smallest absolute Gasteiger partial charge is 0.309 e. The Morgan fingerprint density at radius 2 is 2.04 bits per heavy atom. The van der Waals surface area contributed by atoms with Crippen LogP contribution in [0.1, 0.15) is 23.5 Å². The van der Waals surface area contributed by atoms with Crippen molar-refractivity contribution in [3.8, 4) is 0 Å². The summed E-state index contributed by atoms with van der Waals surface area (Å²) in [5.74, 6) is -0.379. The summed E-state index contributed by atoms with van der Waals surface area (Å²) >= 11 is 0. The third-order valence-corrected chi connectivity index (χ3v) is 4.08. The van der Waals surface area contributed by atoms with Gasteiger partial charge in [0.05, 0.1) is 13.0 Å². The Morgan fingerprint density at radius 1 is 1.30 bits per heavy atom. The van der Waals surface area contributed by atoms with Crippen LogP contribution < -0.4 is 5.32 Å². The first kappa shape index (κ1) is 15.2.